The second-order valence-electron chi connectivity index (χ2n) is 2.89. The molecule has 0 aliphatic heterocycles. The third kappa shape index (κ3) is 5.49. The van der Waals surface area contributed by atoms with Gasteiger partial charge < -0.3 is 15.9 Å². The highest BCUT2D eigenvalue weighted by atomic mass is 16.3. The number of rotatable bonds is 7. The Morgan fingerprint density at radius 1 is 1.33 bits per heavy atom. The average molecular weight is 176 g/mol. The van der Waals surface area contributed by atoms with Crippen molar-refractivity contribution in [2.75, 3.05) is 26.2 Å². The maximum atomic E-state index is 9.23. The number of hydrogen-bond donors (Lipinski definition) is 3. The predicted molar refractivity (Wildman–Crippen MR) is 48.6 cm³/mol. The van der Waals surface area contributed by atoms with Crippen LogP contribution in [-0.2, 0) is 0 Å². The second kappa shape index (κ2) is 7.49. The minimum Gasteiger partial charge on any atom is -0.395 e. The van der Waals surface area contributed by atoms with Gasteiger partial charge in [-0.3, -0.25) is 4.90 Å². The average Bonchev–Trinajstić information content (AvgIpc) is 2.03. The van der Waals surface area contributed by atoms with E-state index in [1.807, 2.05) is 4.90 Å². The molecule has 0 aliphatic carbocycles. The standard InChI is InChI=1S/C8H20N2O2/c1-8(12)10(6-7-11)5-3-2-4-9/h8,11-12H,2-7,9H2,1H3. The molecular formula is C8H20N2O2. The molecule has 0 aromatic heterocycles. The molecule has 74 valence electrons. The van der Waals surface area contributed by atoms with E-state index in [0.717, 1.165) is 19.4 Å². The molecule has 0 saturated carbocycles. The first-order valence-corrected chi connectivity index (χ1v) is 4.45. The molecule has 0 fully saturated rings. The number of hydrogen-bond acceptors (Lipinski definition) is 4. The van der Waals surface area contributed by atoms with Crippen molar-refractivity contribution in [1.29, 1.82) is 0 Å². The minimum absolute atomic E-state index is 0.0908. The maximum absolute atomic E-state index is 9.23. The highest BCUT2D eigenvalue weighted by Crippen LogP contribution is 1.98. The molecule has 4 heteroatoms. The first-order valence-electron chi connectivity index (χ1n) is 4.45. The summed E-state index contributed by atoms with van der Waals surface area (Å²) in [7, 11) is 0. The van der Waals surface area contributed by atoms with Crippen LogP contribution in [0.25, 0.3) is 0 Å². The molecule has 4 nitrogen and oxygen atoms in total. The monoisotopic (exact) mass is 176 g/mol. The first-order chi connectivity index (χ1) is 5.72. The van der Waals surface area contributed by atoms with Crippen LogP contribution in [0.3, 0.4) is 0 Å². The van der Waals surface area contributed by atoms with E-state index in [-0.39, 0.29) is 6.61 Å². The summed E-state index contributed by atoms with van der Waals surface area (Å²) in [5.74, 6) is 0. The molecule has 0 bridgehead atoms. The summed E-state index contributed by atoms with van der Waals surface area (Å²) >= 11 is 0. The SMILES string of the molecule is CC(O)N(CCO)CCCCN. The highest BCUT2D eigenvalue weighted by Gasteiger charge is 2.08. The smallest absolute Gasteiger partial charge is 0.104 e. The number of aliphatic hydroxyl groups is 2. The fraction of sp³-hybridized carbons (Fsp3) is 1.00. The lowest BCUT2D eigenvalue weighted by Crippen LogP contribution is -2.36. The van der Waals surface area contributed by atoms with Gasteiger partial charge in [0.05, 0.1) is 6.61 Å². The van der Waals surface area contributed by atoms with E-state index in [4.69, 9.17) is 10.8 Å². The second-order valence-corrected chi connectivity index (χ2v) is 2.89. The van der Waals surface area contributed by atoms with E-state index >= 15 is 0 Å². The molecule has 0 saturated heterocycles. The summed E-state index contributed by atoms with van der Waals surface area (Å²) in [6.45, 7) is 3.82. The van der Waals surface area contributed by atoms with E-state index in [0.29, 0.717) is 13.1 Å². The zero-order chi connectivity index (χ0) is 9.40. The van der Waals surface area contributed by atoms with Crippen molar-refractivity contribution in [3.05, 3.63) is 0 Å². The number of nitrogens with zero attached hydrogens (tertiary/aromatic N) is 1. The van der Waals surface area contributed by atoms with Crippen LogP contribution in [0, 0.1) is 0 Å². The van der Waals surface area contributed by atoms with Gasteiger partial charge >= 0.3 is 0 Å². The number of aliphatic hydroxyl groups excluding tert-OH is 2. The van der Waals surface area contributed by atoms with Gasteiger partial charge in [0, 0.05) is 13.1 Å². The molecular weight excluding hydrogens is 156 g/mol. The summed E-state index contributed by atoms with van der Waals surface area (Å²) in [5, 5.41) is 17.9. The normalized spacial score (nSPS) is 13.8. The third-order valence-electron chi connectivity index (χ3n) is 1.82. The summed E-state index contributed by atoms with van der Waals surface area (Å²) in [5.41, 5.74) is 5.33. The van der Waals surface area contributed by atoms with Crippen LogP contribution in [0.1, 0.15) is 19.8 Å². The predicted octanol–water partition coefficient (Wildman–Crippen LogP) is -0.642. The van der Waals surface area contributed by atoms with Gasteiger partial charge in [0.1, 0.15) is 6.23 Å². The van der Waals surface area contributed by atoms with Gasteiger partial charge in [-0.15, -0.1) is 0 Å². The molecule has 1 unspecified atom stereocenters. The Hall–Kier alpha value is -0.160. The van der Waals surface area contributed by atoms with Gasteiger partial charge in [0.2, 0.25) is 0 Å². The van der Waals surface area contributed by atoms with Gasteiger partial charge in [-0.05, 0) is 26.3 Å². The van der Waals surface area contributed by atoms with Crippen molar-refractivity contribution in [3.63, 3.8) is 0 Å². The van der Waals surface area contributed by atoms with Crippen LogP contribution < -0.4 is 5.73 Å². The summed E-state index contributed by atoms with van der Waals surface area (Å²) in [6.07, 6.45) is 1.46. The van der Waals surface area contributed by atoms with Crippen molar-refractivity contribution < 1.29 is 10.2 Å². The fourth-order valence-corrected chi connectivity index (χ4v) is 1.07. The zero-order valence-corrected chi connectivity index (χ0v) is 7.74. The highest BCUT2D eigenvalue weighted by molar-refractivity contribution is 4.57. The van der Waals surface area contributed by atoms with Crippen molar-refractivity contribution in [1.82, 2.24) is 4.90 Å². The summed E-state index contributed by atoms with van der Waals surface area (Å²) in [6, 6.07) is 0. The Morgan fingerprint density at radius 3 is 2.42 bits per heavy atom. The molecule has 0 aromatic rings. The van der Waals surface area contributed by atoms with Gasteiger partial charge in [-0.25, -0.2) is 0 Å². The van der Waals surface area contributed by atoms with E-state index in [9.17, 15) is 5.11 Å². The lowest BCUT2D eigenvalue weighted by atomic mass is 10.3. The molecule has 0 aromatic carbocycles. The van der Waals surface area contributed by atoms with Crippen molar-refractivity contribution in [3.8, 4) is 0 Å². The molecule has 0 heterocycles. The van der Waals surface area contributed by atoms with Gasteiger partial charge in [-0.2, -0.15) is 0 Å². The van der Waals surface area contributed by atoms with E-state index in [1.54, 1.807) is 6.92 Å². The van der Waals surface area contributed by atoms with Crippen LogP contribution in [0.2, 0.25) is 0 Å². The molecule has 12 heavy (non-hydrogen) atoms. The van der Waals surface area contributed by atoms with Crippen LogP contribution in [0.4, 0.5) is 0 Å². The minimum atomic E-state index is -0.477. The van der Waals surface area contributed by atoms with Crippen LogP contribution >= 0.6 is 0 Å². The van der Waals surface area contributed by atoms with Gasteiger partial charge in [0.15, 0.2) is 0 Å². The molecule has 0 radical (unpaired) electrons. The molecule has 0 amide bonds. The fourth-order valence-electron chi connectivity index (χ4n) is 1.07. The zero-order valence-electron chi connectivity index (χ0n) is 7.74. The molecule has 0 aliphatic rings. The topological polar surface area (TPSA) is 69.7 Å². The lowest BCUT2D eigenvalue weighted by molar-refractivity contribution is 0.00762. The number of nitrogens with two attached hydrogens (primary N) is 1. The van der Waals surface area contributed by atoms with Gasteiger partial charge in [-0.1, -0.05) is 0 Å². The number of unbranched alkanes of at least 4 members (excludes halogenated alkanes) is 1. The van der Waals surface area contributed by atoms with Crippen molar-refractivity contribution in [2.24, 2.45) is 5.73 Å². The maximum Gasteiger partial charge on any atom is 0.104 e. The molecule has 4 N–H and O–H groups in total. The Kier molecular flexibility index (Phi) is 7.39. The summed E-state index contributed by atoms with van der Waals surface area (Å²) < 4.78 is 0. The summed E-state index contributed by atoms with van der Waals surface area (Å²) in [4.78, 5) is 1.83. The molecule has 0 spiro atoms. The first kappa shape index (κ1) is 11.8. The van der Waals surface area contributed by atoms with Crippen molar-refractivity contribution >= 4 is 0 Å². The van der Waals surface area contributed by atoms with Crippen LogP contribution in [0.5, 0.6) is 0 Å². The van der Waals surface area contributed by atoms with Crippen molar-refractivity contribution in [2.45, 2.75) is 26.0 Å². The Labute approximate surface area is 74.0 Å². The molecule has 0 rings (SSSR count). The largest absolute Gasteiger partial charge is 0.395 e. The van der Waals surface area contributed by atoms with Crippen LogP contribution in [-0.4, -0.2) is 47.6 Å². The quantitative estimate of drug-likeness (QED) is 0.356. The Morgan fingerprint density at radius 2 is 2.00 bits per heavy atom. The van der Waals surface area contributed by atoms with E-state index < -0.39 is 6.23 Å². The third-order valence-corrected chi connectivity index (χ3v) is 1.82. The van der Waals surface area contributed by atoms with E-state index in [1.165, 1.54) is 0 Å². The van der Waals surface area contributed by atoms with Gasteiger partial charge in [0.25, 0.3) is 0 Å². The molecule has 1 atom stereocenters. The lowest BCUT2D eigenvalue weighted by Gasteiger charge is -2.23. The Balaban J connectivity index is 3.49. The van der Waals surface area contributed by atoms with E-state index in [2.05, 4.69) is 0 Å². The van der Waals surface area contributed by atoms with Crippen LogP contribution in [0.15, 0.2) is 0 Å². The Bertz CT molecular complexity index is 99.1.